The van der Waals surface area contributed by atoms with Crippen molar-refractivity contribution in [3.05, 3.63) is 33.0 Å². The molecule has 3 nitrogen and oxygen atoms in total. The van der Waals surface area contributed by atoms with Crippen molar-refractivity contribution in [1.82, 2.24) is 4.90 Å². The summed E-state index contributed by atoms with van der Waals surface area (Å²) >= 11 is 8.95. The first-order chi connectivity index (χ1) is 7.99. The van der Waals surface area contributed by atoms with Gasteiger partial charge in [0.1, 0.15) is 5.82 Å². The number of nitrogens with zero attached hydrogens (tertiary/aromatic N) is 1. The standard InChI is InChI=1S/C11H11BrClFN2O/c12-8-4-9(13)7(3-10(8)14)11(17)16-2-1-6(15)5-16/h3-4,6H,1-2,5,15H2/t6-/m0/s1. The molecule has 1 aromatic rings. The Kier molecular flexibility index (Phi) is 3.70. The maximum absolute atomic E-state index is 13.4. The molecule has 1 atom stereocenters. The second-order valence-electron chi connectivity index (χ2n) is 4.05. The molecular formula is C11H11BrClFN2O. The highest BCUT2D eigenvalue weighted by molar-refractivity contribution is 9.10. The summed E-state index contributed by atoms with van der Waals surface area (Å²) in [5.41, 5.74) is 5.91. The molecule has 1 amide bonds. The Labute approximate surface area is 112 Å². The van der Waals surface area contributed by atoms with Gasteiger partial charge in [0.2, 0.25) is 0 Å². The van der Waals surface area contributed by atoms with Gasteiger partial charge < -0.3 is 10.6 Å². The highest BCUT2D eigenvalue weighted by Crippen LogP contribution is 2.26. The molecule has 1 heterocycles. The molecule has 0 aliphatic carbocycles. The van der Waals surface area contributed by atoms with Crippen molar-refractivity contribution < 1.29 is 9.18 Å². The molecule has 1 aliphatic heterocycles. The Balaban J connectivity index is 2.28. The number of carbonyl (C=O) groups is 1. The highest BCUT2D eigenvalue weighted by Gasteiger charge is 2.26. The van der Waals surface area contributed by atoms with Crippen LogP contribution in [0.3, 0.4) is 0 Å². The topological polar surface area (TPSA) is 46.3 Å². The summed E-state index contributed by atoms with van der Waals surface area (Å²) in [4.78, 5) is 13.7. The van der Waals surface area contributed by atoms with Crippen LogP contribution >= 0.6 is 27.5 Å². The van der Waals surface area contributed by atoms with E-state index in [0.717, 1.165) is 12.5 Å². The van der Waals surface area contributed by atoms with E-state index >= 15 is 0 Å². The van der Waals surface area contributed by atoms with Crippen molar-refractivity contribution >= 4 is 33.4 Å². The van der Waals surface area contributed by atoms with Crippen molar-refractivity contribution in [3.8, 4) is 0 Å². The predicted molar refractivity (Wildman–Crippen MR) is 67.6 cm³/mol. The van der Waals surface area contributed by atoms with Gasteiger partial charge in [-0.15, -0.1) is 0 Å². The van der Waals surface area contributed by atoms with E-state index in [-0.39, 0.29) is 27.0 Å². The first-order valence-electron chi connectivity index (χ1n) is 5.18. The van der Waals surface area contributed by atoms with Crippen LogP contribution in [-0.2, 0) is 0 Å². The molecule has 1 aliphatic rings. The van der Waals surface area contributed by atoms with Crippen LogP contribution in [-0.4, -0.2) is 29.9 Å². The van der Waals surface area contributed by atoms with Gasteiger partial charge in [-0.1, -0.05) is 11.6 Å². The number of rotatable bonds is 1. The molecule has 0 spiro atoms. The molecule has 1 aromatic carbocycles. The summed E-state index contributed by atoms with van der Waals surface area (Å²) < 4.78 is 13.6. The zero-order valence-corrected chi connectivity index (χ0v) is 11.3. The number of carbonyl (C=O) groups excluding carboxylic acids is 1. The normalized spacial score (nSPS) is 19.8. The fourth-order valence-corrected chi connectivity index (χ4v) is 2.55. The van der Waals surface area contributed by atoms with Crippen LogP contribution < -0.4 is 5.73 Å². The molecule has 17 heavy (non-hydrogen) atoms. The van der Waals surface area contributed by atoms with Gasteiger partial charge >= 0.3 is 0 Å². The lowest BCUT2D eigenvalue weighted by Crippen LogP contribution is -2.32. The van der Waals surface area contributed by atoms with E-state index in [4.69, 9.17) is 17.3 Å². The third-order valence-corrected chi connectivity index (χ3v) is 3.67. The van der Waals surface area contributed by atoms with Crippen LogP contribution in [0.1, 0.15) is 16.8 Å². The molecule has 0 aromatic heterocycles. The molecule has 2 rings (SSSR count). The second kappa shape index (κ2) is 4.92. The van der Waals surface area contributed by atoms with E-state index in [0.29, 0.717) is 13.1 Å². The monoisotopic (exact) mass is 320 g/mol. The van der Waals surface area contributed by atoms with Gasteiger partial charge in [-0.3, -0.25) is 4.79 Å². The van der Waals surface area contributed by atoms with Crippen molar-refractivity contribution in [2.45, 2.75) is 12.5 Å². The zero-order valence-electron chi connectivity index (χ0n) is 8.92. The molecule has 92 valence electrons. The van der Waals surface area contributed by atoms with Gasteiger partial charge in [0.15, 0.2) is 0 Å². The number of hydrogen-bond donors (Lipinski definition) is 1. The minimum Gasteiger partial charge on any atom is -0.337 e. The molecule has 0 bridgehead atoms. The summed E-state index contributed by atoms with van der Waals surface area (Å²) in [5, 5.41) is 0.240. The smallest absolute Gasteiger partial charge is 0.255 e. The molecule has 0 unspecified atom stereocenters. The highest BCUT2D eigenvalue weighted by atomic mass is 79.9. The lowest BCUT2D eigenvalue weighted by atomic mass is 10.2. The van der Waals surface area contributed by atoms with Crippen molar-refractivity contribution in [1.29, 1.82) is 0 Å². The van der Waals surface area contributed by atoms with Gasteiger partial charge in [-0.25, -0.2) is 4.39 Å². The molecule has 6 heteroatoms. The van der Waals surface area contributed by atoms with Crippen LogP contribution in [0.4, 0.5) is 4.39 Å². The number of benzene rings is 1. The number of amides is 1. The fraction of sp³-hybridized carbons (Fsp3) is 0.364. The third-order valence-electron chi connectivity index (χ3n) is 2.75. The van der Waals surface area contributed by atoms with Crippen molar-refractivity contribution in [2.75, 3.05) is 13.1 Å². The summed E-state index contributed by atoms with van der Waals surface area (Å²) in [7, 11) is 0. The van der Waals surface area contributed by atoms with E-state index < -0.39 is 5.82 Å². The Hall–Kier alpha value is -0.650. The summed E-state index contributed by atoms with van der Waals surface area (Å²) in [6.07, 6.45) is 0.766. The van der Waals surface area contributed by atoms with Crippen LogP contribution in [0.25, 0.3) is 0 Å². The van der Waals surface area contributed by atoms with Crippen molar-refractivity contribution in [3.63, 3.8) is 0 Å². The minimum absolute atomic E-state index is 0.00183. The van der Waals surface area contributed by atoms with E-state index in [1.165, 1.54) is 6.07 Å². The molecular weight excluding hydrogens is 310 g/mol. The number of nitrogens with two attached hydrogens (primary N) is 1. The minimum atomic E-state index is -0.499. The Morgan fingerprint density at radius 1 is 1.59 bits per heavy atom. The fourth-order valence-electron chi connectivity index (χ4n) is 1.83. The lowest BCUT2D eigenvalue weighted by molar-refractivity contribution is 0.0790. The largest absolute Gasteiger partial charge is 0.337 e. The van der Waals surface area contributed by atoms with Crippen LogP contribution in [0.2, 0.25) is 5.02 Å². The predicted octanol–water partition coefficient (Wildman–Crippen LogP) is 2.41. The summed E-state index contributed by atoms with van der Waals surface area (Å²) in [6, 6.07) is 2.54. The lowest BCUT2D eigenvalue weighted by Gasteiger charge is -2.16. The third kappa shape index (κ3) is 2.61. The molecule has 1 fully saturated rings. The van der Waals surface area contributed by atoms with Crippen LogP contribution in [0, 0.1) is 5.82 Å². The number of hydrogen-bond acceptors (Lipinski definition) is 2. The quantitative estimate of drug-likeness (QED) is 0.808. The first kappa shape index (κ1) is 12.8. The van der Waals surface area contributed by atoms with E-state index in [9.17, 15) is 9.18 Å². The maximum Gasteiger partial charge on any atom is 0.255 e. The molecule has 0 saturated carbocycles. The Bertz CT molecular complexity index is 469. The summed E-state index contributed by atoms with van der Waals surface area (Å²) in [5.74, 6) is -0.768. The zero-order chi connectivity index (χ0) is 12.6. The first-order valence-corrected chi connectivity index (χ1v) is 6.35. The summed E-state index contributed by atoms with van der Waals surface area (Å²) in [6.45, 7) is 1.08. The van der Waals surface area contributed by atoms with Gasteiger partial charge in [-0.05, 0) is 34.5 Å². The Morgan fingerprint density at radius 3 is 2.88 bits per heavy atom. The average Bonchev–Trinajstić information content (AvgIpc) is 2.69. The number of halogens is 3. The Morgan fingerprint density at radius 2 is 2.29 bits per heavy atom. The van der Waals surface area contributed by atoms with Gasteiger partial charge in [0.05, 0.1) is 15.1 Å². The SMILES string of the molecule is N[C@H]1CCN(C(=O)c2cc(F)c(Br)cc2Cl)C1. The van der Waals surface area contributed by atoms with Crippen LogP contribution in [0.15, 0.2) is 16.6 Å². The van der Waals surface area contributed by atoms with E-state index in [2.05, 4.69) is 15.9 Å². The maximum atomic E-state index is 13.4. The molecule has 1 saturated heterocycles. The molecule has 0 radical (unpaired) electrons. The van der Waals surface area contributed by atoms with Crippen LogP contribution in [0.5, 0.6) is 0 Å². The second-order valence-corrected chi connectivity index (χ2v) is 5.31. The van der Waals surface area contributed by atoms with Gasteiger partial charge in [0, 0.05) is 19.1 Å². The number of likely N-dealkylation sites (tertiary alicyclic amines) is 1. The van der Waals surface area contributed by atoms with Gasteiger partial charge in [0.25, 0.3) is 5.91 Å². The van der Waals surface area contributed by atoms with E-state index in [1.54, 1.807) is 4.90 Å². The average molecular weight is 322 g/mol. The van der Waals surface area contributed by atoms with E-state index in [1.807, 2.05) is 0 Å². The van der Waals surface area contributed by atoms with Crippen molar-refractivity contribution in [2.24, 2.45) is 5.73 Å². The molecule has 2 N–H and O–H groups in total. The van der Waals surface area contributed by atoms with Gasteiger partial charge in [-0.2, -0.15) is 0 Å².